The van der Waals surface area contributed by atoms with Crippen LogP contribution >= 0.6 is 0 Å². The lowest BCUT2D eigenvalue weighted by molar-refractivity contribution is 0.0322. The van der Waals surface area contributed by atoms with E-state index in [4.69, 9.17) is 4.74 Å². The second-order valence-corrected chi connectivity index (χ2v) is 3.73. The van der Waals surface area contributed by atoms with Crippen LogP contribution in [-0.4, -0.2) is 53.2 Å². The summed E-state index contributed by atoms with van der Waals surface area (Å²) < 4.78 is 4.75. The van der Waals surface area contributed by atoms with E-state index in [0.717, 1.165) is 4.90 Å². The molecule has 0 spiro atoms. The molecule has 6 heteroatoms. The average Bonchev–Trinajstić information content (AvgIpc) is 2.56. The third-order valence-corrected chi connectivity index (χ3v) is 2.48. The van der Waals surface area contributed by atoms with Crippen LogP contribution in [0.2, 0.25) is 0 Å². The van der Waals surface area contributed by atoms with Gasteiger partial charge in [-0.05, 0) is 12.1 Å². The van der Waals surface area contributed by atoms with E-state index in [1.165, 1.54) is 13.3 Å². The van der Waals surface area contributed by atoms with Gasteiger partial charge in [0.25, 0.3) is 11.8 Å². The summed E-state index contributed by atoms with van der Waals surface area (Å²) in [5, 5.41) is 9.53. The monoisotopic (exact) mass is 236 g/mol. The Kier molecular flexibility index (Phi) is 3.16. The second-order valence-electron chi connectivity index (χ2n) is 3.73. The first kappa shape index (κ1) is 11.7. The normalized spacial score (nSPS) is 16.2. The summed E-state index contributed by atoms with van der Waals surface area (Å²) in [4.78, 5) is 28.6. The van der Waals surface area contributed by atoms with Gasteiger partial charge in [-0.1, -0.05) is 0 Å². The van der Waals surface area contributed by atoms with E-state index < -0.39 is 17.9 Å². The quantitative estimate of drug-likeness (QED) is 0.725. The molecule has 1 aliphatic heterocycles. The molecule has 1 aliphatic rings. The number of carbonyl (C=O) groups excluding carboxylic acids is 2. The van der Waals surface area contributed by atoms with Crippen LogP contribution in [0.5, 0.6) is 0 Å². The summed E-state index contributed by atoms with van der Waals surface area (Å²) in [6.07, 6.45) is 0.571. The van der Waals surface area contributed by atoms with Crippen LogP contribution in [0.15, 0.2) is 18.3 Å². The van der Waals surface area contributed by atoms with Gasteiger partial charge in [-0.25, -0.2) is 0 Å². The molecule has 1 N–H and O–H groups in total. The molecule has 0 saturated heterocycles. The van der Waals surface area contributed by atoms with Crippen LogP contribution in [0.3, 0.4) is 0 Å². The van der Waals surface area contributed by atoms with Crippen LogP contribution in [0.1, 0.15) is 20.8 Å². The molecule has 2 amide bonds. The highest BCUT2D eigenvalue weighted by Gasteiger charge is 2.37. The van der Waals surface area contributed by atoms with Gasteiger partial charge in [-0.3, -0.25) is 19.5 Å². The van der Waals surface area contributed by atoms with Crippen molar-refractivity contribution in [1.82, 2.24) is 9.88 Å². The molecule has 17 heavy (non-hydrogen) atoms. The lowest BCUT2D eigenvalue weighted by Crippen LogP contribution is -2.38. The van der Waals surface area contributed by atoms with E-state index in [-0.39, 0.29) is 24.4 Å². The fraction of sp³-hybridized carbons (Fsp3) is 0.364. The SMILES string of the molecule is COCC(O)CN1C(=O)c2cccnc2C1=O. The number of carbonyl (C=O) groups is 2. The Morgan fingerprint density at radius 3 is 2.88 bits per heavy atom. The zero-order chi connectivity index (χ0) is 12.4. The number of hydrogen-bond donors (Lipinski definition) is 1. The topological polar surface area (TPSA) is 79.7 Å². The number of aromatic nitrogens is 1. The van der Waals surface area contributed by atoms with Gasteiger partial charge in [0.15, 0.2) is 0 Å². The predicted molar refractivity (Wildman–Crippen MR) is 57.5 cm³/mol. The Bertz CT molecular complexity index is 426. The van der Waals surface area contributed by atoms with E-state index in [2.05, 4.69) is 4.98 Å². The molecule has 2 heterocycles. The zero-order valence-electron chi connectivity index (χ0n) is 9.29. The van der Waals surface area contributed by atoms with E-state index in [1.54, 1.807) is 12.1 Å². The average molecular weight is 236 g/mol. The standard InChI is InChI=1S/C11H12N2O4/c1-17-6-7(14)5-13-10(15)8-3-2-4-12-9(8)11(13)16/h2-4,7,14H,5-6H2,1H3. The summed E-state index contributed by atoms with van der Waals surface area (Å²) in [6, 6.07) is 3.14. The first-order valence-corrected chi connectivity index (χ1v) is 5.13. The number of nitrogens with zero attached hydrogens (tertiary/aromatic N) is 2. The number of hydrogen-bond acceptors (Lipinski definition) is 5. The van der Waals surface area contributed by atoms with Crippen molar-refractivity contribution in [2.24, 2.45) is 0 Å². The highest BCUT2D eigenvalue weighted by molar-refractivity contribution is 6.20. The molecule has 90 valence electrons. The molecule has 0 aromatic carbocycles. The van der Waals surface area contributed by atoms with Gasteiger partial charge < -0.3 is 9.84 Å². The Morgan fingerprint density at radius 2 is 2.24 bits per heavy atom. The summed E-state index contributed by atoms with van der Waals surface area (Å²) in [5.74, 6) is -0.894. The third kappa shape index (κ3) is 2.04. The minimum atomic E-state index is -0.887. The fourth-order valence-corrected chi connectivity index (χ4v) is 1.74. The van der Waals surface area contributed by atoms with Gasteiger partial charge in [0.05, 0.1) is 24.8 Å². The number of ether oxygens (including phenoxy) is 1. The van der Waals surface area contributed by atoms with Crippen molar-refractivity contribution in [3.05, 3.63) is 29.6 Å². The van der Waals surface area contributed by atoms with Gasteiger partial charge in [-0.2, -0.15) is 0 Å². The maximum absolute atomic E-state index is 11.9. The van der Waals surface area contributed by atoms with Gasteiger partial charge in [-0.15, -0.1) is 0 Å². The summed E-state index contributed by atoms with van der Waals surface area (Å²) in [6.45, 7) is -0.0112. The van der Waals surface area contributed by atoms with Crippen molar-refractivity contribution < 1.29 is 19.4 Å². The molecule has 0 saturated carbocycles. The molecule has 0 aliphatic carbocycles. The predicted octanol–water partition coefficient (Wildman–Crippen LogP) is -0.315. The van der Waals surface area contributed by atoms with Crippen molar-refractivity contribution in [2.45, 2.75) is 6.10 Å². The third-order valence-electron chi connectivity index (χ3n) is 2.48. The van der Waals surface area contributed by atoms with Crippen LogP contribution in [0, 0.1) is 0 Å². The highest BCUT2D eigenvalue weighted by Crippen LogP contribution is 2.20. The minimum absolute atomic E-state index is 0.0703. The van der Waals surface area contributed by atoms with Crippen molar-refractivity contribution in [3.63, 3.8) is 0 Å². The highest BCUT2D eigenvalue weighted by atomic mass is 16.5. The Hall–Kier alpha value is -1.79. The second kappa shape index (κ2) is 4.60. The molecule has 0 fully saturated rings. The first-order chi connectivity index (χ1) is 8.15. The molecule has 0 bridgehead atoms. The summed E-state index contributed by atoms with van der Waals surface area (Å²) in [7, 11) is 1.44. The maximum atomic E-state index is 11.9. The Balaban J connectivity index is 2.19. The van der Waals surface area contributed by atoms with Gasteiger partial charge in [0, 0.05) is 13.3 Å². The van der Waals surface area contributed by atoms with E-state index >= 15 is 0 Å². The summed E-state index contributed by atoms with van der Waals surface area (Å²) >= 11 is 0. The van der Waals surface area contributed by atoms with Gasteiger partial charge in [0.2, 0.25) is 0 Å². The number of imide groups is 1. The van der Waals surface area contributed by atoms with Gasteiger partial charge >= 0.3 is 0 Å². The van der Waals surface area contributed by atoms with E-state index in [1.807, 2.05) is 0 Å². The van der Waals surface area contributed by atoms with Crippen molar-refractivity contribution in [2.75, 3.05) is 20.3 Å². The molecule has 1 aromatic rings. The van der Waals surface area contributed by atoms with Crippen molar-refractivity contribution in [1.29, 1.82) is 0 Å². The number of aliphatic hydroxyl groups excluding tert-OH is 1. The van der Waals surface area contributed by atoms with E-state index in [9.17, 15) is 14.7 Å². The number of aliphatic hydroxyl groups is 1. The van der Waals surface area contributed by atoms with Crippen molar-refractivity contribution in [3.8, 4) is 0 Å². The molecule has 2 rings (SSSR count). The maximum Gasteiger partial charge on any atom is 0.280 e. The van der Waals surface area contributed by atoms with Crippen LogP contribution in [0.25, 0.3) is 0 Å². The lowest BCUT2D eigenvalue weighted by atomic mass is 10.2. The largest absolute Gasteiger partial charge is 0.389 e. The Morgan fingerprint density at radius 1 is 1.47 bits per heavy atom. The lowest BCUT2D eigenvalue weighted by Gasteiger charge is -2.17. The van der Waals surface area contributed by atoms with E-state index in [0.29, 0.717) is 0 Å². The number of methoxy groups -OCH3 is 1. The number of amides is 2. The molecule has 0 radical (unpaired) electrons. The molecule has 6 nitrogen and oxygen atoms in total. The molecular formula is C11H12N2O4. The summed E-state index contributed by atoms with van der Waals surface area (Å²) in [5.41, 5.74) is 0.421. The number of rotatable bonds is 4. The number of fused-ring (bicyclic) bond motifs is 1. The molecular weight excluding hydrogens is 224 g/mol. The number of β-amino-alcohol motifs (C(OH)–C–C–N with tert-alkyl or cyclic N) is 1. The zero-order valence-corrected chi connectivity index (χ0v) is 9.29. The van der Waals surface area contributed by atoms with Crippen molar-refractivity contribution >= 4 is 11.8 Å². The number of pyridine rings is 1. The van der Waals surface area contributed by atoms with Crippen LogP contribution < -0.4 is 0 Å². The van der Waals surface area contributed by atoms with Crippen LogP contribution in [-0.2, 0) is 4.74 Å². The molecule has 1 unspecified atom stereocenters. The first-order valence-electron chi connectivity index (χ1n) is 5.13. The fourth-order valence-electron chi connectivity index (χ4n) is 1.74. The smallest absolute Gasteiger partial charge is 0.280 e. The minimum Gasteiger partial charge on any atom is -0.389 e. The molecule has 1 aromatic heterocycles. The van der Waals surface area contributed by atoms with Gasteiger partial charge in [0.1, 0.15) is 5.69 Å². The van der Waals surface area contributed by atoms with Crippen LogP contribution in [0.4, 0.5) is 0 Å². The Labute approximate surface area is 97.8 Å². The molecule has 1 atom stereocenters.